The number of rotatable bonds is 7. The summed E-state index contributed by atoms with van der Waals surface area (Å²) < 4.78 is 0. The van der Waals surface area contributed by atoms with Gasteiger partial charge in [0.05, 0.1) is 0 Å². The number of hydrogen-bond acceptors (Lipinski definition) is 2. The molecule has 0 aromatic rings. The van der Waals surface area contributed by atoms with E-state index in [0.717, 1.165) is 25.6 Å². The first-order valence-electron chi connectivity index (χ1n) is 5.65. The second kappa shape index (κ2) is 7.34. The van der Waals surface area contributed by atoms with Crippen LogP contribution in [0.2, 0.25) is 0 Å². The molecule has 0 aliphatic carbocycles. The van der Waals surface area contributed by atoms with Gasteiger partial charge in [0.1, 0.15) is 0 Å². The maximum absolute atomic E-state index is 5.81. The summed E-state index contributed by atoms with van der Waals surface area (Å²) >= 11 is 0. The number of nitrogens with two attached hydrogens (primary N) is 1. The first-order valence-corrected chi connectivity index (χ1v) is 5.65. The Morgan fingerprint density at radius 2 is 1.69 bits per heavy atom. The highest BCUT2D eigenvalue weighted by Gasteiger charge is 2.19. The number of hydrogen-bond donors (Lipinski definition) is 1. The lowest BCUT2D eigenvalue weighted by molar-refractivity contribution is 0.162. The van der Waals surface area contributed by atoms with Crippen LogP contribution in [0, 0.1) is 5.92 Å². The van der Waals surface area contributed by atoms with Gasteiger partial charge in [-0.05, 0) is 25.4 Å². The normalized spacial score (nSPS) is 16.2. The van der Waals surface area contributed by atoms with Gasteiger partial charge in [0.25, 0.3) is 0 Å². The minimum atomic E-state index is 0.579. The van der Waals surface area contributed by atoms with E-state index in [0.29, 0.717) is 6.04 Å². The molecule has 2 N–H and O–H groups in total. The highest BCUT2D eigenvalue weighted by molar-refractivity contribution is 4.76. The van der Waals surface area contributed by atoms with Crippen molar-refractivity contribution in [3.8, 4) is 0 Å². The van der Waals surface area contributed by atoms with Gasteiger partial charge >= 0.3 is 0 Å². The number of likely N-dealkylation sites (N-methyl/N-ethyl adjacent to an activating group) is 1. The first kappa shape index (κ1) is 12.9. The molecule has 0 aliphatic heterocycles. The van der Waals surface area contributed by atoms with Gasteiger partial charge in [-0.15, -0.1) is 0 Å². The van der Waals surface area contributed by atoms with E-state index < -0.39 is 0 Å². The molecule has 2 unspecified atom stereocenters. The van der Waals surface area contributed by atoms with Gasteiger partial charge in [-0.2, -0.15) is 0 Å². The predicted molar refractivity (Wildman–Crippen MR) is 59.8 cm³/mol. The Kier molecular flexibility index (Phi) is 7.29. The van der Waals surface area contributed by atoms with Crippen molar-refractivity contribution in [2.24, 2.45) is 11.7 Å². The van der Waals surface area contributed by atoms with Crippen LogP contribution in [0.15, 0.2) is 0 Å². The van der Waals surface area contributed by atoms with E-state index in [-0.39, 0.29) is 0 Å². The molecule has 0 heterocycles. The van der Waals surface area contributed by atoms with Crippen LogP contribution in [0.5, 0.6) is 0 Å². The van der Waals surface area contributed by atoms with E-state index in [4.69, 9.17) is 5.73 Å². The van der Waals surface area contributed by atoms with Crippen molar-refractivity contribution in [2.45, 2.75) is 46.6 Å². The van der Waals surface area contributed by atoms with Crippen molar-refractivity contribution in [2.75, 3.05) is 19.6 Å². The van der Waals surface area contributed by atoms with Crippen molar-refractivity contribution in [3.63, 3.8) is 0 Å². The Bertz CT molecular complexity index is 111. The fourth-order valence-corrected chi connectivity index (χ4v) is 2.08. The van der Waals surface area contributed by atoms with Gasteiger partial charge in [0, 0.05) is 12.6 Å². The van der Waals surface area contributed by atoms with E-state index in [1.165, 1.54) is 12.8 Å². The zero-order valence-electron chi connectivity index (χ0n) is 9.71. The van der Waals surface area contributed by atoms with Crippen LogP contribution in [-0.2, 0) is 0 Å². The fraction of sp³-hybridized carbons (Fsp3) is 1.00. The lowest BCUT2D eigenvalue weighted by atomic mass is 9.95. The quantitative estimate of drug-likeness (QED) is 0.659. The average Bonchev–Trinajstić information content (AvgIpc) is 2.14. The van der Waals surface area contributed by atoms with Crippen molar-refractivity contribution < 1.29 is 0 Å². The van der Waals surface area contributed by atoms with E-state index >= 15 is 0 Å². The van der Waals surface area contributed by atoms with Crippen LogP contribution in [0.25, 0.3) is 0 Å². The maximum Gasteiger partial charge on any atom is 0.0243 e. The standard InChI is InChI=1S/C11H26N2/c1-5-8-10(4)11(9-12)13(6-2)7-3/h10-11H,5-9,12H2,1-4H3. The molecule has 0 aromatic carbocycles. The molecule has 2 nitrogen and oxygen atoms in total. The molecule has 0 radical (unpaired) electrons. The van der Waals surface area contributed by atoms with Gasteiger partial charge in [-0.3, -0.25) is 4.90 Å². The molecule has 0 aromatic heterocycles. The second-order valence-electron chi connectivity index (χ2n) is 3.79. The monoisotopic (exact) mass is 186 g/mol. The van der Waals surface area contributed by atoms with E-state index in [1.54, 1.807) is 0 Å². The summed E-state index contributed by atoms with van der Waals surface area (Å²) in [4.78, 5) is 2.47. The molecule has 0 bridgehead atoms. The van der Waals surface area contributed by atoms with Crippen LogP contribution < -0.4 is 5.73 Å². The lowest BCUT2D eigenvalue weighted by Crippen LogP contribution is -2.44. The lowest BCUT2D eigenvalue weighted by Gasteiger charge is -2.33. The predicted octanol–water partition coefficient (Wildman–Crippen LogP) is 2.09. The Morgan fingerprint density at radius 1 is 1.15 bits per heavy atom. The summed E-state index contributed by atoms with van der Waals surface area (Å²) in [6, 6.07) is 0.579. The molecule has 0 fully saturated rings. The third-order valence-corrected chi connectivity index (χ3v) is 2.92. The largest absolute Gasteiger partial charge is 0.329 e. The second-order valence-corrected chi connectivity index (χ2v) is 3.79. The molecular formula is C11H26N2. The molecule has 2 atom stereocenters. The Labute approximate surface area is 83.5 Å². The van der Waals surface area contributed by atoms with Crippen molar-refractivity contribution in [3.05, 3.63) is 0 Å². The molecule has 0 rings (SSSR count). The SMILES string of the molecule is CCCC(C)C(CN)N(CC)CC. The summed E-state index contributed by atoms with van der Waals surface area (Å²) in [5.41, 5.74) is 5.81. The van der Waals surface area contributed by atoms with Gasteiger partial charge in [-0.1, -0.05) is 34.1 Å². The highest BCUT2D eigenvalue weighted by Crippen LogP contribution is 2.15. The third-order valence-electron chi connectivity index (χ3n) is 2.92. The molecular weight excluding hydrogens is 160 g/mol. The summed E-state index contributed by atoms with van der Waals surface area (Å²) in [6.07, 6.45) is 2.55. The highest BCUT2D eigenvalue weighted by atomic mass is 15.2. The van der Waals surface area contributed by atoms with Crippen LogP contribution in [0.3, 0.4) is 0 Å². The minimum absolute atomic E-state index is 0.579. The molecule has 13 heavy (non-hydrogen) atoms. The van der Waals surface area contributed by atoms with E-state index in [2.05, 4.69) is 32.6 Å². The Hall–Kier alpha value is -0.0800. The van der Waals surface area contributed by atoms with Gasteiger partial charge < -0.3 is 5.73 Å². The summed E-state index contributed by atoms with van der Waals surface area (Å²) in [5.74, 6) is 0.731. The number of nitrogens with zero attached hydrogens (tertiary/aromatic N) is 1. The zero-order valence-corrected chi connectivity index (χ0v) is 9.71. The minimum Gasteiger partial charge on any atom is -0.329 e. The fourth-order valence-electron chi connectivity index (χ4n) is 2.08. The van der Waals surface area contributed by atoms with Gasteiger partial charge in [0.2, 0.25) is 0 Å². The average molecular weight is 186 g/mol. The molecule has 2 heteroatoms. The van der Waals surface area contributed by atoms with Crippen LogP contribution >= 0.6 is 0 Å². The van der Waals surface area contributed by atoms with Gasteiger partial charge in [-0.25, -0.2) is 0 Å². The van der Waals surface area contributed by atoms with Crippen molar-refractivity contribution >= 4 is 0 Å². The van der Waals surface area contributed by atoms with Gasteiger partial charge in [0.15, 0.2) is 0 Å². The smallest absolute Gasteiger partial charge is 0.0243 e. The van der Waals surface area contributed by atoms with Crippen molar-refractivity contribution in [1.29, 1.82) is 0 Å². The van der Waals surface area contributed by atoms with Crippen LogP contribution in [0.4, 0.5) is 0 Å². The summed E-state index contributed by atoms with van der Waals surface area (Å²) in [5, 5.41) is 0. The molecule has 0 saturated heterocycles. The molecule has 0 saturated carbocycles. The third kappa shape index (κ3) is 4.10. The van der Waals surface area contributed by atoms with Crippen LogP contribution in [-0.4, -0.2) is 30.6 Å². The molecule has 0 amide bonds. The molecule has 0 spiro atoms. The molecule has 80 valence electrons. The summed E-state index contributed by atoms with van der Waals surface area (Å²) in [6.45, 7) is 12.0. The van der Waals surface area contributed by atoms with Crippen LogP contribution in [0.1, 0.15) is 40.5 Å². The van der Waals surface area contributed by atoms with Crippen molar-refractivity contribution in [1.82, 2.24) is 4.90 Å². The zero-order chi connectivity index (χ0) is 10.3. The van der Waals surface area contributed by atoms with E-state index in [1.807, 2.05) is 0 Å². The topological polar surface area (TPSA) is 29.3 Å². The Balaban J connectivity index is 4.11. The molecule has 0 aliphatic rings. The van der Waals surface area contributed by atoms with E-state index in [9.17, 15) is 0 Å². The summed E-state index contributed by atoms with van der Waals surface area (Å²) in [7, 11) is 0. The maximum atomic E-state index is 5.81. The Morgan fingerprint density at radius 3 is 2.00 bits per heavy atom. The first-order chi connectivity index (χ1) is 6.21.